The summed E-state index contributed by atoms with van der Waals surface area (Å²) in [6, 6.07) is 30.4. The second-order valence-corrected chi connectivity index (χ2v) is 12.5. The predicted octanol–water partition coefficient (Wildman–Crippen LogP) is 5.51. The molecule has 0 spiro atoms. The minimum atomic E-state index is -3.18. The Balaban J connectivity index is 2.45. The van der Waals surface area contributed by atoms with Crippen molar-refractivity contribution in [2.45, 2.75) is 14.7 Å². The number of benzene rings is 3. The van der Waals surface area contributed by atoms with Gasteiger partial charge >= 0.3 is 0 Å². The molecule has 1 atom stereocenters. The molecule has 22 heavy (non-hydrogen) atoms. The minimum Gasteiger partial charge on any atom is -0.187 e. The van der Waals surface area contributed by atoms with Gasteiger partial charge in [-0.25, -0.2) is 0 Å². The second kappa shape index (κ2) is 5.61. The molecule has 0 heterocycles. The smallest absolute Gasteiger partial charge is 0.111 e. The van der Waals surface area contributed by atoms with Crippen LogP contribution in [0.1, 0.15) is 0 Å². The molecular formula is C19H18NPS. The van der Waals surface area contributed by atoms with E-state index in [0.717, 1.165) is 14.7 Å². The van der Waals surface area contributed by atoms with E-state index in [1.54, 1.807) is 0 Å². The fraction of sp³-hybridized carbons (Fsp3) is 0. The van der Waals surface area contributed by atoms with Crippen LogP contribution in [0.25, 0.3) is 0 Å². The molecule has 0 N–H and O–H groups in total. The Labute approximate surface area is 133 Å². The summed E-state index contributed by atoms with van der Waals surface area (Å²) in [6.45, 7) is 0. The lowest BCUT2D eigenvalue weighted by Gasteiger charge is -2.53. The molecule has 0 radical (unpaired) electrons. The number of nitriles is 1. The van der Waals surface area contributed by atoms with Crippen LogP contribution in [0.4, 0.5) is 0 Å². The summed E-state index contributed by atoms with van der Waals surface area (Å²) in [7, 11) is -0.215. The Morgan fingerprint density at radius 3 is 1.09 bits per heavy atom. The Morgan fingerprint density at radius 1 is 0.591 bits per heavy atom. The SMILES string of the molecule is N#C[SH](P)(c1ccccc1)(c1ccccc1)c1ccccc1. The van der Waals surface area contributed by atoms with Crippen LogP contribution in [0, 0.1) is 10.7 Å². The van der Waals surface area contributed by atoms with Gasteiger partial charge in [0.2, 0.25) is 0 Å². The van der Waals surface area contributed by atoms with E-state index in [1.807, 2.05) is 54.6 Å². The highest BCUT2D eigenvalue weighted by Gasteiger charge is 2.42. The van der Waals surface area contributed by atoms with Crippen LogP contribution >= 0.6 is 17.2 Å². The van der Waals surface area contributed by atoms with Crippen molar-refractivity contribution < 1.29 is 0 Å². The number of hydrogen-bond acceptors (Lipinski definition) is 1. The summed E-state index contributed by atoms with van der Waals surface area (Å²) in [5.41, 5.74) is 0. The number of thiocyanates is 1. The van der Waals surface area contributed by atoms with Gasteiger partial charge in [0.1, 0.15) is 5.40 Å². The second-order valence-electron chi connectivity index (χ2n) is 5.29. The van der Waals surface area contributed by atoms with Gasteiger partial charge in [0.15, 0.2) is 0 Å². The van der Waals surface area contributed by atoms with Gasteiger partial charge < -0.3 is 0 Å². The van der Waals surface area contributed by atoms with Gasteiger partial charge in [0.05, 0.1) is 0 Å². The maximum absolute atomic E-state index is 10.4. The largest absolute Gasteiger partial charge is 0.187 e. The molecule has 110 valence electrons. The number of rotatable bonds is 3. The van der Waals surface area contributed by atoms with Gasteiger partial charge in [-0.1, -0.05) is 63.0 Å². The Hall–Kier alpha value is -2.07. The lowest BCUT2D eigenvalue weighted by atomic mass is 10.4. The van der Waals surface area contributed by atoms with Crippen molar-refractivity contribution in [1.29, 1.82) is 5.26 Å². The van der Waals surface area contributed by atoms with E-state index in [2.05, 4.69) is 50.2 Å². The van der Waals surface area contributed by atoms with Gasteiger partial charge in [-0.15, -0.1) is 8.78 Å². The summed E-state index contributed by atoms with van der Waals surface area (Å²) < 4.78 is 0. The molecule has 0 bridgehead atoms. The van der Waals surface area contributed by atoms with Crippen molar-refractivity contribution in [3.05, 3.63) is 91.0 Å². The zero-order valence-corrected chi connectivity index (χ0v) is 14.2. The summed E-state index contributed by atoms with van der Waals surface area (Å²) in [6.07, 6.45) is 0. The average Bonchev–Trinajstić information content (AvgIpc) is 2.63. The summed E-state index contributed by atoms with van der Waals surface area (Å²) in [5, 5.41) is 13.1. The van der Waals surface area contributed by atoms with Crippen molar-refractivity contribution in [3.63, 3.8) is 0 Å². The highest BCUT2D eigenvalue weighted by molar-refractivity contribution is 8.83. The monoisotopic (exact) mass is 323 g/mol. The van der Waals surface area contributed by atoms with Crippen molar-refractivity contribution in [1.82, 2.24) is 0 Å². The zero-order valence-electron chi connectivity index (χ0n) is 12.1. The van der Waals surface area contributed by atoms with E-state index in [1.165, 1.54) is 0 Å². The molecule has 3 rings (SSSR count). The molecule has 1 nitrogen and oxygen atoms in total. The molecule has 0 aliphatic carbocycles. The van der Waals surface area contributed by atoms with Crippen LogP contribution in [-0.2, 0) is 0 Å². The lowest BCUT2D eigenvalue weighted by molar-refractivity contribution is 1.29. The normalized spacial score (nSPS) is 12.8. The quantitative estimate of drug-likeness (QED) is 0.384. The van der Waals surface area contributed by atoms with E-state index in [-0.39, 0.29) is 0 Å². The van der Waals surface area contributed by atoms with E-state index in [9.17, 15) is 5.26 Å². The molecule has 0 aliphatic rings. The van der Waals surface area contributed by atoms with Crippen LogP contribution in [0.2, 0.25) is 0 Å². The third-order valence-electron chi connectivity index (χ3n) is 4.09. The molecule has 3 heteroatoms. The van der Waals surface area contributed by atoms with Gasteiger partial charge in [-0.05, 0) is 51.1 Å². The third-order valence-corrected chi connectivity index (χ3v) is 11.6. The fourth-order valence-corrected chi connectivity index (χ4v) is 8.00. The van der Waals surface area contributed by atoms with E-state index < -0.39 is 8.78 Å². The number of thiol groups is 1. The van der Waals surface area contributed by atoms with Crippen LogP contribution in [0.3, 0.4) is 0 Å². The van der Waals surface area contributed by atoms with Crippen molar-refractivity contribution >= 4 is 17.2 Å². The third kappa shape index (κ3) is 2.06. The van der Waals surface area contributed by atoms with Gasteiger partial charge in [0, 0.05) is 0 Å². The fourth-order valence-electron chi connectivity index (χ4n) is 2.83. The highest BCUT2D eigenvalue weighted by Crippen LogP contribution is 2.90. The summed E-state index contributed by atoms with van der Waals surface area (Å²) in [5.74, 6) is 0. The molecule has 0 saturated heterocycles. The van der Waals surface area contributed by atoms with Crippen LogP contribution in [0.15, 0.2) is 106 Å². The zero-order chi connectivity index (χ0) is 15.5. The van der Waals surface area contributed by atoms with E-state index in [0.29, 0.717) is 0 Å². The van der Waals surface area contributed by atoms with Crippen molar-refractivity contribution in [3.8, 4) is 5.40 Å². The molecular weight excluding hydrogens is 305 g/mol. The van der Waals surface area contributed by atoms with E-state index in [4.69, 9.17) is 0 Å². The first-order valence-corrected chi connectivity index (χ1v) is 11.0. The van der Waals surface area contributed by atoms with Gasteiger partial charge in [-0.3, -0.25) is 0 Å². The molecule has 0 saturated carbocycles. The summed E-state index contributed by atoms with van der Waals surface area (Å²) >= 11 is 0. The Kier molecular flexibility index (Phi) is 3.79. The first-order valence-electron chi connectivity index (χ1n) is 7.11. The molecule has 3 aromatic rings. The standard InChI is InChI=1S/C19H18NPS/c20-16-22(21,17-10-4-1-5-11-17,18-12-6-2-7-13-18)19-14-8-3-9-15-19/h1-15,22H,21H2. The topological polar surface area (TPSA) is 23.8 Å². The minimum absolute atomic E-state index is 1.07. The number of hydrogen-bond donors (Lipinski definition) is 1. The first-order chi connectivity index (χ1) is 10.7. The Morgan fingerprint density at radius 2 is 0.864 bits per heavy atom. The van der Waals surface area contributed by atoms with E-state index >= 15 is 0 Å². The molecule has 3 aromatic carbocycles. The van der Waals surface area contributed by atoms with Gasteiger partial charge in [0.25, 0.3) is 0 Å². The molecule has 0 aromatic heterocycles. The molecule has 1 unspecified atom stereocenters. The predicted molar refractivity (Wildman–Crippen MR) is 98.4 cm³/mol. The van der Waals surface area contributed by atoms with Crippen LogP contribution in [0.5, 0.6) is 0 Å². The van der Waals surface area contributed by atoms with Crippen molar-refractivity contribution in [2.24, 2.45) is 0 Å². The van der Waals surface area contributed by atoms with Gasteiger partial charge in [-0.2, -0.15) is 5.26 Å². The average molecular weight is 323 g/mol. The Bertz CT molecular complexity index is 711. The summed E-state index contributed by atoms with van der Waals surface area (Å²) in [4.78, 5) is 3.20. The molecule has 0 amide bonds. The maximum Gasteiger partial charge on any atom is 0.111 e. The first kappa shape index (κ1) is 14.9. The highest BCUT2D eigenvalue weighted by atomic mass is 32.8. The van der Waals surface area contributed by atoms with Crippen LogP contribution in [-0.4, -0.2) is 0 Å². The lowest BCUT2D eigenvalue weighted by Crippen LogP contribution is -2.10. The van der Waals surface area contributed by atoms with Crippen LogP contribution < -0.4 is 0 Å². The molecule has 0 fully saturated rings. The number of nitrogens with zero attached hydrogens (tertiary/aromatic N) is 1. The molecule has 0 aliphatic heterocycles. The van der Waals surface area contributed by atoms with Crippen molar-refractivity contribution in [2.75, 3.05) is 0 Å². The maximum atomic E-state index is 10.4.